The summed E-state index contributed by atoms with van der Waals surface area (Å²) in [5.74, 6) is 1.82. The summed E-state index contributed by atoms with van der Waals surface area (Å²) in [5.41, 5.74) is 1.49. The Labute approximate surface area is 139 Å². The third-order valence-corrected chi connectivity index (χ3v) is 3.60. The SMILES string of the molecule is CCOc1ccc(CNc2nc3ccccc3c(=O)[nH]2)cc1OC. The predicted octanol–water partition coefficient (Wildman–Crippen LogP) is 2.94. The lowest BCUT2D eigenvalue weighted by Crippen LogP contribution is -2.13. The smallest absolute Gasteiger partial charge is 0.260 e. The van der Waals surface area contributed by atoms with E-state index >= 15 is 0 Å². The minimum absolute atomic E-state index is 0.160. The van der Waals surface area contributed by atoms with Crippen LogP contribution in [-0.4, -0.2) is 23.7 Å². The van der Waals surface area contributed by atoms with Crippen molar-refractivity contribution in [2.24, 2.45) is 0 Å². The van der Waals surface area contributed by atoms with Crippen molar-refractivity contribution in [3.8, 4) is 11.5 Å². The van der Waals surface area contributed by atoms with Gasteiger partial charge in [-0.3, -0.25) is 9.78 Å². The number of methoxy groups -OCH3 is 1. The van der Waals surface area contributed by atoms with E-state index in [0.29, 0.717) is 41.5 Å². The Kier molecular flexibility index (Phi) is 4.65. The van der Waals surface area contributed by atoms with Crippen molar-refractivity contribution >= 4 is 16.9 Å². The molecule has 0 radical (unpaired) electrons. The summed E-state index contributed by atoms with van der Waals surface area (Å²) < 4.78 is 10.8. The number of nitrogens with one attached hydrogen (secondary N) is 2. The molecule has 0 aliphatic heterocycles. The van der Waals surface area contributed by atoms with Crippen LogP contribution in [0.25, 0.3) is 10.9 Å². The highest BCUT2D eigenvalue weighted by atomic mass is 16.5. The second-order valence-electron chi connectivity index (χ2n) is 5.20. The zero-order valence-electron chi connectivity index (χ0n) is 13.6. The number of aromatic nitrogens is 2. The number of H-pyrrole nitrogens is 1. The monoisotopic (exact) mass is 325 g/mol. The van der Waals surface area contributed by atoms with E-state index in [9.17, 15) is 4.79 Å². The van der Waals surface area contributed by atoms with Gasteiger partial charge in [0.15, 0.2) is 11.5 Å². The molecule has 0 unspecified atom stereocenters. The number of hydrogen-bond donors (Lipinski definition) is 2. The third-order valence-electron chi connectivity index (χ3n) is 3.60. The van der Waals surface area contributed by atoms with E-state index in [2.05, 4.69) is 15.3 Å². The quantitative estimate of drug-likeness (QED) is 0.729. The van der Waals surface area contributed by atoms with E-state index in [1.165, 1.54) is 0 Å². The number of rotatable bonds is 6. The zero-order valence-corrected chi connectivity index (χ0v) is 13.6. The Morgan fingerprint density at radius 3 is 2.79 bits per heavy atom. The summed E-state index contributed by atoms with van der Waals surface area (Å²) in [6.07, 6.45) is 0. The summed E-state index contributed by atoms with van der Waals surface area (Å²) in [4.78, 5) is 19.2. The summed E-state index contributed by atoms with van der Waals surface area (Å²) in [5, 5.41) is 3.71. The first-order valence-corrected chi connectivity index (χ1v) is 7.74. The lowest BCUT2D eigenvalue weighted by molar-refractivity contribution is 0.310. The molecule has 3 aromatic rings. The lowest BCUT2D eigenvalue weighted by atomic mass is 10.2. The van der Waals surface area contributed by atoms with Gasteiger partial charge in [0.25, 0.3) is 5.56 Å². The fraction of sp³-hybridized carbons (Fsp3) is 0.222. The van der Waals surface area contributed by atoms with E-state index in [0.717, 1.165) is 5.56 Å². The van der Waals surface area contributed by atoms with Gasteiger partial charge >= 0.3 is 0 Å². The van der Waals surface area contributed by atoms with Gasteiger partial charge in [0.05, 0.1) is 24.6 Å². The van der Waals surface area contributed by atoms with Crippen molar-refractivity contribution in [3.63, 3.8) is 0 Å². The minimum Gasteiger partial charge on any atom is -0.493 e. The maximum absolute atomic E-state index is 12.1. The molecule has 0 amide bonds. The average molecular weight is 325 g/mol. The maximum atomic E-state index is 12.1. The molecular weight excluding hydrogens is 306 g/mol. The minimum atomic E-state index is -0.160. The van der Waals surface area contributed by atoms with Gasteiger partial charge in [-0.25, -0.2) is 4.98 Å². The molecule has 2 N–H and O–H groups in total. The van der Waals surface area contributed by atoms with E-state index in [1.807, 2.05) is 43.3 Å². The molecule has 0 aliphatic rings. The number of aromatic amines is 1. The van der Waals surface area contributed by atoms with Gasteiger partial charge in [-0.1, -0.05) is 18.2 Å². The van der Waals surface area contributed by atoms with Crippen LogP contribution in [0.15, 0.2) is 47.3 Å². The van der Waals surface area contributed by atoms with Crippen LogP contribution >= 0.6 is 0 Å². The molecule has 1 aromatic heterocycles. The number of benzene rings is 2. The Morgan fingerprint density at radius 2 is 2.00 bits per heavy atom. The first kappa shape index (κ1) is 15.9. The zero-order chi connectivity index (χ0) is 16.9. The number of ether oxygens (including phenoxy) is 2. The van der Waals surface area contributed by atoms with Crippen molar-refractivity contribution in [3.05, 3.63) is 58.4 Å². The first-order valence-electron chi connectivity index (χ1n) is 7.74. The molecule has 0 saturated carbocycles. The molecule has 124 valence electrons. The van der Waals surface area contributed by atoms with E-state index < -0.39 is 0 Å². The van der Waals surface area contributed by atoms with Crippen molar-refractivity contribution in [1.29, 1.82) is 0 Å². The van der Waals surface area contributed by atoms with Crippen molar-refractivity contribution in [2.45, 2.75) is 13.5 Å². The third kappa shape index (κ3) is 3.32. The molecule has 24 heavy (non-hydrogen) atoms. The highest BCUT2D eigenvalue weighted by Gasteiger charge is 2.07. The van der Waals surface area contributed by atoms with Crippen molar-refractivity contribution < 1.29 is 9.47 Å². The van der Waals surface area contributed by atoms with Gasteiger partial charge < -0.3 is 14.8 Å². The summed E-state index contributed by atoms with van der Waals surface area (Å²) in [6.45, 7) is 3.01. The van der Waals surface area contributed by atoms with Gasteiger partial charge in [-0.05, 0) is 36.8 Å². The van der Waals surface area contributed by atoms with Crippen LogP contribution in [0.4, 0.5) is 5.95 Å². The predicted molar refractivity (Wildman–Crippen MR) is 93.9 cm³/mol. The molecule has 0 saturated heterocycles. The topological polar surface area (TPSA) is 76.2 Å². The molecule has 0 aliphatic carbocycles. The Balaban J connectivity index is 1.79. The van der Waals surface area contributed by atoms with Crippen LogP contribution in [0, 0.1) is 0 Å². The molecule has 6 nitrogen and oxygen atoms in total. The Hall–Kier alpha value is -3.02. The number of anilines is 1. The lowest BCUT2D eigenvalue weighted by Gasteiger charge is -2.12. The molecule has 0 bridgehead atoms. The molecule has 0 atom stereocenters. The van der Waals surface area contributed by atoms with Crippen LogP contribution in [0.1, 0.15) is 12.5 Å². The fourth-order valence-electron chi connectivity index (χ4n) is 2.45. The average Bonchev–Trinajstić information content (AvgIpc) is 2.61. The van der Waals surface area contributed by atoms with Crippen LogP contribution in [0.2, 0.25) is 0 Å². The van der Waals surface area contributed by atoms with Gasteiger partial charge in [0.1, 0.15) is 0 Å². The second kappa shape index (κ2) is 7.04. The number of hydrogen-bond acceptors (Lipinski definition) is 5. The summed E-state index contributed by atoms with van der Waals surface area (Å²) >= 11 is 0. The fourth-order valence-corrected chi connectivity index (χ4v) is 2.45. The summed E-state index contributed by atoms with van der Waals surface area (Å²) in [7, 11) is 1.61. The standard InChI is InChI=1S/C18H19N3O3/c1-3-24-15-9-8-12(10-16(15)23-2)11-19-18-20-14-7-5-4-6-13(14)17(22)21-18/h4-10H,3,11H2,1-2H3,(H2,19,20,21,22). The molecule has 1 heterocycles. The van der Waals surface area contributed by atoms with Crippen molar-refractivity contribution in [2.75, 3.05) is 19.0 Å². The number of nitrogens with zero attached hydrogens (tertiary/aromatic N) is 1. The molecule has 0 fully saturated rings. The van der Waals surface area contributed by atoms with Gasteiger partial charge in [0.2, 0.25) is 5.95 Å². The van der Waals surface area contributed by atoms with Crippen molar-refractivity contribution in [1.82, 2.24) is 9.97 Å². The van der Waals surface area contributed by atoms with E-state index in [4.69, 9.17) is 9.47 Å². The largest absolute Gasteiger partial charge is 0.493 e. The van der Waals surface area contributed by atoms with Gasteiger partial charge in [-0.15, -0.1) is 0 Å². The van der Waals surface area contributed by atoms with Crippen LogP contribution in [0.3, 0.4) is 0 Å². The van der Waals surface area contributed by atoms with E-state index in [1.54, 1.807) is 13.2 Å². The number of para-hydroxylation sites is 1. The highest BCUT2D eigenvalue weighted by molar-refractivity contribution is 5.78. The second-order valence-corrected chi connectivity index (χ2v) is 5.20. The molecule has 0 spiro atoms. The normalized spacial score (nSPS) is 10.6. The molecule has 6 heteroatoms. The Morgan fingerprint density at radius 1 is 1.17 bits per heavy atom. The Bertz CT molecular complexity index is 905. The van der Waals surface area contributed by atoms with Gasteiger partial charge in [-0.2, -0.15) is 0 Å². The summed E-state index contributed by atoms with van der Waals surface area (Å²) in [6, 6.07) is 13.0. The van der Waals surface area contributed by atoms with Gasteiger partial charge in [0, 0.05) is 6.54 Å². The van der Waals surface area contributed by atoms with Crippen LogP contribution in [0.5, 0.6) is 11.5 Å². The highest BCUT2D eigenvalue weighted by Crippen LogP contribution is 2.28. The van der Waals surface area contributed by atoms with Crippen LogP contribution in [-0.2, 0) is 6.54 Å². The molecular formula is C18H19N3O3. The van der Waals surface area contributed by atoms with Crippen LogP contribution < -0.4 is 20.3 Å². The van der Waals surface area contributed by atoms with E-state index in [-0.39, 0.29) is 5.56 Å². The first-order chi connectivity index (χ1) is 11.7. The maximum Gasteiger partial charge on any atom is 0.260 e. The number of fused-ring (bicyclic) bond motifs is 1. The molecule has 3 rings (SSSR count). The molecule has 2 aromatic carbocycles.